The molecule has 1 amide bonds. The zero-order chi connectivity index (χ0) is 22.3. The Morgan fingerprint density at radius 1 is 1.07 bits per heavy atom. The first kappa shape index (κ1) is 24.1. The standard InChI is InChI=1S/C21H28ClN3O4S/c1-16(2)25(4)30(27,28)20-11-7-18(8-12-20)23-21(26)15-24(3)13-14-29-19-9-5-17(22)6-10-19/h5-12,16H,13-15H2,1-4H3,(H,23,26). The van der Waals surface area contributed by atoms with Crippen molar-refractivity contribution in [2.45, 2.75) is 24.8 Å². The fourth-order valence-electron chi connectivity index (χ4n) is 2.53. The van der Waals surface area contributed by atoms with Crippen LogP contribution in [0.2, 0.25) is 5.02 Å². The minimum atomic E-state index is -3.55. The molecule has 0 bridgehead atoms. The Balaban J connectivity index is 1.82. The van der Waals surface area contributed by atoms with Gasteiger partial charge in [-0.1, -0.05) is 11.6 Å². The van der Waals surface area contributed by atoms with Crippen molar-refractivity contribution in [1.82, 2.24) is 9.21 Å². The van der Waals surface area contributed by atoms with Crippen LogP contribution in [0.3, 0.4) is 0 Å². The van der Waals surface area contributed by atoms with Crippen LogP contribution in [0.5, 0.6) is 5.75 Å². The molecule has 0 aliphatic rings. The van der Waals surface area contributed by atoms with Gasteiger partial charge >= 0.3 is 0 Å². The van der Waals surface area contributed by atoms with E-state index in [4.69, 9.17) is 16.3 Å². The number of amides is 1. The second-order valence-corrected chi connectivity index (χ2v) is 9.66. The first-order valence-corrected chi connectivity index (χ1v) is 11.4. The van der Waals surface area contributed by atoms with Gasteiger partial charge in [0.15, 0.2) is 0 Å². The lowest BCUT2D eigenvalue weighted by Crippen LogP contribution is -2.33. The molecule has 0 aliphatic heterocycles. The van der Waals surface area contributed by atoms with Gasteiger partial charge in [0.1, 0.15) is 12.4 Å². The second kappa shape index (κ2) is 10.8. The number of anilines is 1. The van der Waals surface area contributed by atoms with Crippen molar-refractivity contribution >= 4 is 33.2 Å². The van der Waals surface area contributed by atoms with E-state index in [1.54, 1.807) is 43.4 Å². The van der Waals surface area contributed by atoms with Crippen molar-refractivity contribution in [2.24, 2.45) is 0 Å². The highest BCUT2D eigenvalue weighted by Gasteiger charge is 2.22. The molecule has 0 fully saturated rings. The van der Waals surface area contributed by atoms with Gasteiger partial charge in [-0.2, -0.15) is 4.31 Å². The largest absolute Gasteiger partial charge is 0.492 e. The zero-order valence-corrected chi connectivity index (χ0v) is 19.2. The number of nitrogens with zero attached hydrogens (tertiary/aromatic N) is 2. The van der Waals surface area contributed by atoms with Crippen LogP contribution in [0.15, 0.2) is 53.4 Å². The van der Waals surface area contributed by atoms with Crippen molar-refractivity contribution in [3.05, 3.63) is 53.6 Å². The van der Waals surface area contributed by atoms with Crippen LogP contribution >= 0.6 is 11.6 Å². The van der Waals surface area contributed by atoms with Gasteiger partial charge in [0.05, 0.1) is 11.4 Å². The molecule has 0 atom stereocenters. The van der Waals surface area contributed by atoms with E-state index in [0.717, 1.165) is 5.75 Å². The summed E-state index contributed by atoms with van der Waals surface area (Å²) in [4.78, 5) is 14.3. The number of sulfonamides is 1. The summed E-state index contributed by atoms with van der Waals surface area (Å²) < 4.78 is 31.9. The highest BCUT2D eigenvalue weighted by Crippen LogP contribution is 2.19. The molecule has 2 aromatic rings. The molecule has 1 N–H and O–H groups in total. The Labute approximate surface area is 183 Å². The lowest BCUT2D eigenvalue weighted by Gasteiger charge is -2.21. The number of ether oxygens (including phenoxy) is 1. The van der Waals surface area contributed by atoms with Crippen molar-refractivity contribution in [3.63, 3.8) is 0 Å². The maximum atomic E-state index is 12.5. The predicted molar refractivity (Wildman–Crippen MR) is 120 cm³/mol. The zero-order valence-electron chi connectivity index (χ0n) is 17.6. The molecule has 2 aromatic carbocycles. The molecule has 30 heavy (non-hydrogen) atoms. The molecule has 0 spiro atoms. The number of hydrogen-bond donors (Lipinski definition) is 1. The molecule has 0 unspecified atom stereocenters. The number of nitrogens with one attached hydrogen (secondary N) is 1. The van der Waals surface area contributed by atoms with E-state index in [9.17, 15) is 13.2 Å². The van der Waals surface area contributed by atoms with Crippen LogP contribution in [0, 0.1) is 0 Å². The second-order valence-electron chi connectivity index (χ2n) is 7.23. The summed E-state index contributed by atoms with van der Waals surface area (Å²) in [5, 5.41) is 3.42. The van der Waals surface area contributed by atoms with Gasteiger partial charge in [-0.05, 0) is 69.4 Å². The van der Waals surface area contributed by atoms with Crippen LogP contribution in [-0.2, 0) is 14.8 Å². The third-order valence-corrected chi connectivity index (χ3v) is 6.81. The summed E-state index contributed by atoms with van der Waals surface area (Å²) in [6, 6.07) is 13.1. The fourth-order valence-corrected chi connectivity index (χ4v) is 4.02. The SMILES string of the molecule is CC(C)N(C)S(=O)(=O)c1ccc(NC(=O)CN(C)CCOc2ccc(Cl)cc2)cc1. The third-order valence-electron chi connectivity index (χ3n) is 4.51. The van der Waals surface area contributed by atoms with E-state index in [1.165, 1.54) is 16.4 Å². The summed E-state index contributed by atoms with van der Waals surface area (Å²) >= 11 is 5.84. The lowest BCUT2D eigenvalue weighted by molar-refractivity contribution is -0.117. The Morgan fingerprint density at radius 2 is 1.67 bits per heavy atom. The third kappa shape index (κ3) is 6.98. The van der Waals surface area contributed by atoms with Crippen LogP contribution in [0.1, 0.15) is 13.8 Å². The number of carbonyl (C=O) groups excluding carboxylic acids is 1. The van der Waals surface area contributed by atoms with Gasteiger partial charge < -0.3 is 10.1 Å². The smallest absolute Gasteiger partial charge is 0.243 e. The molecule has 0 aromatic heterocycles. The Hall–Kier alpha value is -2.13. The average molecular weight is 454 g/mol. The molecule has 7 nitrogen and oxygen atoms in total. The first-order valence-electron chi connectivity index (χ1n) is 9.54. The highest BCUT2D eigenvalue weighted by molar-refractivity contribution is 7.89. The van der Waals surface area contributed by atoms with Gasteiger partial charge in [0, 0.05) is 30.3 Å². The minimum absolute atomic E-state index is 0.145. The number of carbonyl (C=O) groups is 1. The van der Waals surface area contributed by atoms with Crippen molar-refractivity contribution in [1.29, 1.82) is 0 Å². The van der Waals surface area contributed by atoms with Crippen molar-refractivity contribution in [3.8, 4) is 5.75 Å². The number of rotatable bonds is 10. The highest BCUT2D eigenvalue weighted by atomic mass is 35.5. The van der Waals surface area contributed by atoms with E-state index in [0.29, 0.717) is 23.9 Å². The number of hydrogen-bond acceptors (Lipinski definition) is 5. The normalized spacial score (nSPS) is 11.9. The van der Waals surface area contributed by atoms with Crippen LogP contribution in [0.4, 0.5) is 5.69 Å². The minimum Gasteiger partial charge on any atom is -0.492 e. The van der Waals surface area contributed by atoms with Crippen molar-refractivity contribution in [2.75, 3.05) is 39.1 Å². The molecular weight excluding hydrogens is 426 g/mol. The summed E-state index contributed by atoms with van der Waals surface area (Å²) in [5.74, 6) is 0.523. The van der Waals surface area contributed by atoms with Gasteiger partial charge in [0.2, 0.25) is 15.9 Å². The Morgan fingerprint density at radius 3 is 2.23 bits per heavy atom. The number of likely N-dealkylation sites (N-methyl/N-ethyl adjacent to an activating group) is 1. The molecular formula is C21H28ClN3O4S. The Kier molecular flexibility index (Phi) is 8.66. The maximum Gasteiger partial charge on any atom is 0.243 e. The van der Waals surface area contributed by atoms with Crippen molar-refractivity contribution < 1.29 is 17.9 Å². The van der Waals surface area contributed by atoms with E-state index in [1.807, 2.05) is 25.8 Å². The first-order chi connectivity index (χ1) is 14.1. The number of halogens is 1. The van der Waals surface area contributed by atoms with Crippen LogP contribution in [0.25, 0.3) is 0 Å². The molecule has 0 saturated heterocycles. The monoisotopic (exact) mass is 453 g/mol. The molecule has 164 valence electrons. The summed E-state index contributed by atoms with van der Waals surface area (Å²) in [5.41, 5.74) is 0.539. The fraction of sp³-hybridized carbons (Fsp3) is 0.381. The van der Waals surface area contributed by atoms with Crippen LogP contribution < -0.4 is 10.1 Å². The average Bonchev–Trinajstić information content (AvgIpc) is 2.69. The quantitative estimate of drug-likeness (QED) is 0.597. The summed E-state index contributed by atoms with van der Waals surface area (Å²) in [6.07, 6.45) is 0. The summed E-state index contributed by atoms with van der Waals surface area (Å²) in [6.45, 7) is 4.79. The maximum absolute atomic E-state index is 12.5. The lowest BCUT2D eigenvalue weighted by atomic mass is 10.3. The van der Waals surface area contributed by atoms with E-state index >= 15 is 0 Å². The predicted octanol–water partition coefficient (Wildman–Crippen LogP) is 3.32. The van der Waals surface area contributed by atoms with Gasteiger partial charge in [0.25, 0.3) is 0 Å². The van der Waals surface area contributed by atoms with E-state index < -0.39 is 10.0 Å². The van der Waals surface area contributed by atoms with E-state index in [-0.39, 0.29) is 23.4 Å². The van der Waals surface area contributed by atoms with E-state index in [2.05, 4.69) is 5.32 Å². The molecule has 9 heteroatoms. The molecule has 0 aliphatic carbocycles. The molecule has 0 saturated carbocycles. The molecule has 0 radical (unpaired) electrons. The summed E-state index contributed by atoms with van der Waals surface area (Å²) in [7, 11) is -0.181. The molecule has 2 rings (SSSR count). The Bertz CT molecular complexity index is 932. The molecule has 0 heterocycles. The van der Waals surface area contributed by atoms with Crippen LogP contribution in [-0.4, -0.2) is 63.4 Å². The van der Waals surface area contributed by atoms with Gasteiger partial charge in [-0.3, -0.25) is 9.69 Å². The number of benzene rings is 2. The van der Waals surface area contributed by atoms with Gasteiger partial charge in [-0.15, -0.1) is 0 Å². The topological polar surface area (TPSA) is 79.0 Å². The van der Waals surface area contributed by atoms with Gasteiger partial charge in [-0.25, -0.2) is 8.42 Å².